The van der Waals surface area contributed by atoms with E-state index in [1.807, 2.05) is 19.2 Å². The number of aryl methyl sites for hydroxylation is 1. The van der Waals surface area contributed by atoms with Gasteiger partial charge in [0.25, 0.3) is 0 Å². The molecule has 1 aliphatic rings. The first-order valence-electron chi connectivity index (χ1n) is 5.43. The van der Waals surface area contributed by atoms with Crippen LogP contribution in [0, 0.1) is 18.3 Å². The Morgan fingerprint density at radius 2 is 2.20 bits per heavy atom. The summed E-state index contributed by atoms with van der Waals surface area (Å²) in [6.07, 6.45) is 3.16. The second-order valence-electron chi connectivity index (χ2n) is 5.18. The number of hydrazine groups is 1. The molecule has 1 aromatic rings. The monoisotopic (exact) mass is 205 g/mol. The van der Waals surface area contributed by atoms with Gasteiger partial charge in [0.05, 0.1) is 6.04 Å². The number of aromatic nitrogens is 1. The molecule has 0 saturated heterocycles. The van der Waals surface area contributed by atoms with Crippen LogP contribution in [0.1, 0.15) is 37.6 Å². The molecule has 2 rings (SSSR count). The van der Waals surface area contributed by atoms with E-state index in [1.165, 1.54) is 12.0 Å². The van der Waals surface area contributed by atoms with Crippen molar-refractivity contribution in [1.29, 1.82) is 0 Å². The molecule has 0 aliphatic heterocycles. The second kappa shape index (κ2) is 3.58. The molecule has 2 unspecified atom stereocenters. The van der Waals surface area contributed by atoms with E-state index < -0.39 is 0 Å². The van der Waals surface area contributed by atoms with Gasteiger partial charge in [-0.25, -0.2) is 0 Å². The molecule has 3 nitrogen and oxygen atoms in total. The minimum Gasteiger partial charge on any atom is -0.271 e. The van der Waals surface area contributed by atoms with Gasteiger partial charge in [-0.15, -0.1) is 0 Å². The maximum Gasteiger partial charge on any atom is 0.0508 e. The van der Waals surface area contributed by atoms with Gasteiger partial charge in [-0.05, 0) is 36.3 Å². The van der Waals surface area contributed by atoms with Gasteiger partial charge in [0, 0.05) is 11.9 Å². The number of hydrogen-bond acceptors (Lipinski definition) is 3. The van der Waals surface area contributed by atoms with Gasteiger partial charge in [-0.1, -0.05) is 19.9 Å². The SMILES string of the molecule is Cc1ccc(C(NN)C2CC2(C)C)cn1. The number of rotatable bonds is 3. The number of nitrogens with one attached hydrogen (secondary N) is 1. The van der Waals surface area contributed by atoms with Crippen molar-refractivity contribution < 1.29 is 0 Å². The van der Waals surface area contributed by atoms with Gasteiger partial charge in [0.2, 0.25) is 0 Å². The maximum absolute atomic E-state index is 5.63. The Morgan fingerprint density at radius 1 is 1.53 bits per heavy atom. The number of nitrogens with two attached hydrogens (primary N) is 1. The zero-order valence-corrected chi connectivity index (χ0v) is 9.62. The fourth-order valence-electron chi connectivity index (χ4n) is 2.18. The number of hydrogen-bond donors (Lipinski definition) is 2. The van der Waals surface area contributed by atoms with Crippen LogP contribution in [-0.2, 0) is 0 Å². The van der Waals surface area contributed by atoms with E-state index in [9.17, 15) is 0 Å². The minimum absolute atomic E-state index is 0.244. The Balaban J connectivity index is 2.17. The van der Waals surface area contributed by atoms with Crippen LogP contribution in [0.4, 0.5) is 0 Å². The highest BCUT2D eigenvalue weighted by Gasteiger charge is 2.50. The van der Waals surface area contributed by atoms with E-state index in [-0.39, 0.29) is 6.04 Å². The number of pyridine rings is 1. The predicted molar refractivity (Wildman–Crippen MR) is 60.9 cm³/mol. The molecule has 15 heavy (non-hydrogen) atoms. The van der Waals surface area contributed by atoms with Crippen LogP contribution >= 0.6 is 0 Å². The first-order chi connectivity index (χ1) is 7.04. The molecule has 0 aromatic carbocycles. The molecule has 1 heterocycles. The van der Waals surface area contributed by atoms with Gasteiger partial charge in [0.15, 0.2) is 0 Å². The second-order valence-corrected chi connectivity index (χ2v) is 5.18. The normalized spacial score (nSPS) is 24.9. The third kappa shape index (κ3) is 2.03. The van der Waals surface area contributed by atoms with E-state index in [0.29, 0.717) is 11.3 Å². The first-order valence-corrected chi connectivity index (χ1v) is 5.43. The van der Waals surface area contributed by atoms with E-state index in [2.05, 4.69) is 30.3 Å². The van der Waals surface area contributed by atoms with Crippen molar-refractivity contribution >= 4 is 0 Å². The third-order valence-electron chi connectivity index (χ3n) is 3.46. The third-order valence-corrected chi connectivity index (χ3v) is 3.46. The highest BCUT2D eigenvalue weighted by molar-refractivity contribution is 5.21. The Kier molecular flexibility index (Phi) is 2.52. The standard InChI is InChI=1S/C12H19N3/c1-8-4-5-9(7-14-8)11(15-13)10-6-12(10,2)3/h4-5,7,10-11,15H,6,13H2,1-3H3. The summed E-state index contributed by atoms with van der Waals surface area (Å²) in [5.41, 5.74) is 5.57. The lowest BCUT2D eigenvalue weighted by Crippen LogP contribution is -2.30. The molecule has 1 fully saturated rings. The van der Waals surface area contributed by atoms with Gasteiger partial charge >= 0.3 is 0 Å². The average Bonchev–Trinajstić information content (AvgIpc) is 2.80. The highest BCUT2D eigenvalue weighted by Crippen LogP contribution is 2.57. The molecule has 3 heteroatoms. The zero-order valence-electron chi connectivity index (χ0n) is 9.62. The molecule has 3 N–H and O–H groups in total. The molecule has 82 valence electrons. The predicted octanol–water partition coefficient (Wildman–Crippen LogP) is 1.94. The van der Waals surface area contributed by atoms with Crippen LogP contribution in [0.3, 0.4) is 0 Å². The van der Waals surface area contributed by atoms with Crippen LogP contribution in [0.5, 0.6) is 0 Å². The summed E-state index contributed by atoms with van der Waals surface area (Å²) >= 11 is 0. The Hall–Kier alpha value is -0.930. The smallest absolute Gasteiger partial charge is 0.0508 e. The summed E-state index contributed by atoms with van der Waals surface area (Å²) in [5, 5.41) is 0. The topological polar surface area (TPSA) is 50.9 Å². The largest absolute Gasteiger partial charge is 0.271 e. The molecular formula is C12H19N3. The minimum atomic E-state index is 0.244. The van der Waals surface area contributed by atoms with Crippen molar-refractivity contribution in [3.05, 3.63) is 29.6 Å². The summed E-state index contributed by atoms with van der Waals surface area (Å²) in [6.45, 7) is 6.56. The average molecular weight is 205 g/mol. The van der Waals surface area contributed by atoms with Crippen molar-refractivity contribution in [2.45, 2.75) is 33.2 Å². The molecular weight excluding hydrogens is 186 g/mol. The summed E-state index contributed by atoms with van der Waals surface area (Å²) in [7, 11) is 0. The van der Waals surface area contributed by atoms with E-state index in [1.54, 1.807) is 0 Å². The Bertz CT molecular complexity index is 342. The number of nitrogens with zero attached hydrogens (tertiary/aromatic N) is 1. The van der Waals surface area contributed by atoms with Crippen LogP contribution < -0.4 is 11.3 Å². The van der Waals surface area contributed by atoms with Crippen molar-refractivity contribution in [3.63, 3.8) is 0 Å². The van der Waals surface area contributed by atoms with E-state index >= 15 is 0 Å². The van der Waals surface area contributed by atoms with E-state index in [0.717, 1.165) is 5.69 Å². The Morgan fingerprint density at radius 3 is 2.60 bits per heavy atom. The molecule has 0 radical (unpaired) electrons. The molecule has 0 spiro atoms. The van der Waals surface area contributed by atoms with Gasteiger partial charge in [-0.2, -0.15) is 0 Å². The molecule has 0 amide bonds. The molecule has 2 atom stereocenters. The summed E-state index contributed by atoms with van der Waals surface area (Å²) in [5.74, 6) is 6.26. The zero-order chi connectivity index (χ0) is 11.1. The van der Waals surface area contributed by atoms with Crippen LogP contribution in [0.15, 0.2) is 18.3 Å². The van der Waals surface area contributed by atoms with Crippen LogP contribution in [-0.4, -0.2) is 4.98 Å². The van der Waals surface area contributed by atoms with Gasteiger partial charge < -0.3 is 0 Å². The molecule has 1 saturated carbocycles. The van der Waals surface area contributed by atoms with Crippen LogP contribution in [0.25, 0.3) is 0 Å². The summed E-state index contributed by atoms with van der Waals surface area (Å²) in [6, 6.07) is 4.39. The maximum atomic E-state index is 5.63. The van der Waals surface area contributed by atoms with Crippen molar-refractivity contribution in [2.24, 2.45) is 17.2 Å². The fourth-order valence-corrected chi connectivity index (χ4v) is 2.18. The lowest BCUT2D eigenvalue weighted by atomic mass is 9.99. The van der Waals surface area contributed by atoms with Crippen molar-refractivity contribution in [1.82, 2.24) is 10.4 Å². The highest BCUT2D eigenvalue weighted by atomic mass is 15.2. The van der Waals surface area contributed by atoms with Gasteiger partial charge in [0.1, 0.15) is 0 Å². The summed E-state index contributed by atoms with van der Waals surface area (Å²) < 4.78 is 0. The first kappa shape index (κ1) is 10.6. The lowest BCUT2D eigenvalue weighted by molar-refractivity contribution is 0.422. The fraction of sp³-hybridized carbons (Fsp3) is 0.583. The quantitative estimate of drug-likeness (QED) is 0.585. The van der Waals surface area contributed by atoms with Gasteiger partial charge in [-0.3, -0.25) is 16.3 Å². The van der Waals surface area contributed by atoms with Crippen LogP contribution in [0.2, 0.25) is 0 Å². The molecule has 1 aliphatic carbocycles. The van der Waals surface area contributed by atoms with Crippen molar-refractivity contribution in [2.75, 3.05) is 0 Å². The Labute approximate surface area is 91.1 Å². The summed E-state index contributed by atoms with van der Waals surface area (Å²) in [4.78, 5) is 4.31. The van der Waals surface area contributed by atoms with Crippen molar-refractivity contribution in [3.8, 4) is 0 Å². The molecule has 0 bridgehead atoms. The van der Waals surface area contributed by atoms with E-state index in [4.69, 9.17) is 5.84 Å². The molecule has 1 aromatic heterocycles. The lowest BCUT2D eigenvalue weighted by Gasteiger charge is -2.17.